The highest BCUT2D eigenvalue weighted by molar-refractivity contribution is 7.13. The first kappa shape index (κ1) is 15.2. The quantitative estimate of drug-likeness (QED) is 0.923. The lowest BCUT2D eigenvalue weighted by atomic mass is 10.3. The Bertz CT molecular complexity index is 601. The molecule has 0 bridgehead atoms. The van der Waals surface area contributed by atoms with Gasteiger partial charge in [-0.15, -0.1) is 11.3 Å². The fourth-order valence-corrected chi connectivity index (χ4v) is 2.21. The standard InChI is InChI=1S/C14H16FN3O2S/c1-10-9-21-13(16-10)17-14(19)18(2)7-8-20-12-5-3-11(15)4-6-12/h3-6,9H,7-8H2,1-2H3,(H,16,17,19). The second-order valence-corrected chi connectivity index (χ2v) is 5.31. The second kappa shape index (κ2) is 7.03. The molecule has 1 aromatic heterocycles. The van der Waals surface area contributed by atoms with Crippen LogP contribution < -0.4 is 10.1 Å². The highest BCUT2D eigenvalue weighted by Crippen LogP contribution is 2.15. The first-order chi connectivity index (χ1) is 10.0. The molecule has 21 heavy (non-hydrogen) atoms. The summed E-state index contributed by atoms with van der Waals surface area (Å²) < 4.78 is 18.2. The number of thiazole rings is 1. The van der Waals surface area contributed by atoms with Crippen LogP contribution in [-0.4, -0.2) is 36.1 Å². The molecule has 2 aromatic rings. The molecule has 0 saturated heterocycles. The summed E-state index contributed by atoms with van der Waals surface area (Å²) in [5.74, 6) is 0.262. The molecule has 7 heteroatoms. The average molecular weight is 309 g/mol. The maximum absolute atomic E-state index is 12.7. The lowest BCUT2D eigenvalue weighted by Crippen LogP contribution is -2.34. The molecule has 0 saturated carbocycles. The number of hydrogen-bond acceptors (Lipinski definition) is 4. The van der Waals surface area contributed by atoms with Gasteiger partial charge in [0.1, 0.15) is 18.2 Å². The van der Waals surface area contributed by atoms with Crippen molar-refractivity contribution >= 4 is 22.5 Å². The van der Waals surface area contributed by atoms with Crippen molar-refractivity contribution in [3.63, 3.8) is 0 Å². The van der Waals surface area contributed by atoms with E-state index in [0.29, 0.717) is 24.0 Å². The van der Waals surface area contributed by atoms with Gasteiger partial charge < -0.3 is 9.64 Å². The van der Waals surface area contributed by atoms with Gasteiger partial charge in [-0.1, -0.05) is 0 Å². The Morgan fingerprint density at radius 3 is 2.76 bits per heavy atom. The Morgan fingerprint density at radius 1 is 1.43 bits per heavy atom. The van der Waals surface area contributed by atoms with Crippen molar-refractivity contribution < 1.29 is 13.9 Å². The van der Waals surface area contributed by atoms with E-state index in [1.165, 1.54) is 28.4 Å². The van der Waals surface area contributed by atoms with Crippen LogP contribution in [0.5, 0.6) is 5.75 Å². The number of rotatable bonds is 5. The number of likely N-dealkylation sites (N-methyl/N-ethyl adjacent to an activating group) is 1. The third-order valence-corrected chi connectivity index (χ3v) is 3.56. The van der Waals surface area contributed by atoms with Crippen LogP contribution in [0.15, 0.2) is 29.6 Å². The summed E-state index contributed by atoms with van der Waals surface area (Å²) >= 11 is 1.38. The van der Waals surface area contributed by atoms with Gasteiger partial charge in [0.05, 0.1) is 12.2 Å². The van der Waals surface area contributed by atoms with Crippen LogP contribution in [0.1, 0.15) is 5.69 Å². The smallest absolute Gasteiger partial charge is 0.323 e. The molecule has 1 heterocycles. The fourth-order valence-electron chi connectivity index (χ4n) is 1.53. The number of ether oxygens (including phenoxy) is 1. The maximum Gasteiger partial charge on any atom is 0.323 e. The molecular weight excluding hydrogens is 293 g/mol. The molecule has 2 rings (SSSR count). The summed E-state index contributed by atoms with van der Waals surface area (Å²) in [6.45, 7) is 2.60. The Balaban J connectivity index is 1.74. The van der Waals surface area contributed by atoms with Crippen LogP contribution in [0.25, 0.3) is 0 Å². The van der Waals surface area contributed by atoms with Gasteiger partial charge in [-0.25, -0.2) is 14.2 Å². The summed E-state index contributed by atoms with van der Waals surface area (Å²) in [4.78, 5) is 17.5. The lowest BCUT2D eigenvalue weighted by Gasteiger charge is -2.17. The Morgan fingerprint density at radius 2 is 2.14 bits per heavy atom. The van der Waals surface area contributed by atoms with Crippen molar-refractivity contribution in [2.75, 3.05) is 25.5 Å². The molecule has 5 nitrogen and oxygen atoms in total. The molecular formula is C14H16FN3O2S. The van der Waals surface area contributed by atoms with Crippen molar-refractivity contribution in [1.82, 2.24) is 9.88 Å². The van der Waals surface area contributed by atoms with E-state index in [-0.39, 0.29) is 11.8 Å². The number of anilines is 1. The molecule has 0 aliphatic rings. The first-order valence-corrected chi connectivity index (χ1v) is 7.25. The van der Waals surface area contributed by atoms with Gasteiger partial charge in [0.15, 0.2) is 5.13 Å². The summed E-state index contributed by atoms with van der Waals surface area (Å²) in [7, 11) is 1.67. The maximum atomic E-state index is 12.7. The van der Waals surface area contributed by atoms with Crippen LogP contribution in [0.2, 0.25) is 0 Å². The zero-order valence-electron chi connectivity index (χ0n) is 11.8. The molecule has 1 aromatic carbocycles. The third-order valence-electron chi connectivity index (χ3n) is 2.69. The Kier molecular flexibility index (Phi) is 5.10. The van der Waals surface area contributed by atoms with Gasteiger partial charge in [-0.3, -0.25) is 5.32 Å². The summed E-state index contributed by atoms with van der Waals surface area (Å²) in [6.07, 6.45) is 0. The van der Waals surface area contributed by atoms with Crippen molar-refractivity contribution in [2.24, 2.45) is 0 Å². The number of amides is 2. The van der Waals surface area contributed by atoms with E-state index >= 15 is 0 Å². The average Bonchev–Trinajstić information content (AvgIpc) is 2.86. The number of hydrogen-bond donors (Lipinski definition) is 1. The van der Waals surface area contributed by atoms with Gasteiger partial charge in [0.25, 0.3) is 0 Å². The minimum atomic E-state index is -0.308. The first-order valence-electron chi connectivity index (χ1n) is 6.37. The number of halogens is 1. The zero-order chi connectivity index (χ0) is 15.2. The summed E-state index contributed by atoms with van der Waals surface area (Å²) in [5, 5.41) is 5.15. The van der Waals surface area contributed by atoms with Gasteiger partial charge in [0.2, 0.25) is 0 Å². The molecule has 0 radical (unpaired) electrons. The third kappa shape index (κ3) is 4.71. The SMILES string of the molecule is Cc1csc(NC(=O)N(C)CCOc2ccc(F)cc2)n1. The number of carbonyl (C=O) groups is 1. The van der Waals surface area contributed by atoms with Crippen LogP contribution in [0.4, 0.5) is 14.3 Å². The number of carbonyl (C=O) groups excluding carboxylic acids is 1. The molecule has 2 amide bonds. The number of benzene rings is 1. The van der Waals surface area contributed by atoms with Crippen molar-refractivity contribution in [3.8, 4) is 5.75 Å². The normalized spacial score (nSPS) is 10.2. The molecule has 0 fully saturated rings. The zero-order valence-corrected chi connectivity index (χ0v) is 12.6. The summed E-state index contributed by atoms with van der Waals surface area (Å²) in [6, 6.07) is 5.52. The van der Waals surface area contributed by atoms with E-state index in [1.807, 2.05) is 12.3 Å². The van der Waals surface area contributed by atoms with Gasteiger partial charge in [0, 0.05) is 12.4 Å². The minimum absolute atomic E-state index is 0.243. The van der Waals surface area contributed by atoms with Crippen molar-refractivity contribution in [3.05, 3.63) is 41.2 Å². The van der Waals surface area contributed by atoms with E-state index in [9.17, 15) is 9.18 Å². The van der Waals surface area contributed by atoms with Gasteiger partial charge in [-0.05, 0) is 31.2 Å². The fraction of sp³-hybridized carbons (Fsp3) is 0.286. The highest BCUT2D eigenvalue weighted by Gasteiger charge is 2.10. The number of nitrogens with one attached hydrogen (secondary N) is 1. The van der Waals surface area contributed by atoms with Crippen molar-refractivity contribution in [2.45, 2.75) is 6.92 Å². The van der Waals surface area contributed by atoms with Gasteiger partial charge in [-0.2, -0.15) is 0 Å². The van der Waals surface area contributed by atoms with Crippen LogP contribution in [0.3, 0.4) is 0 Å². The minimum Gasteiger partial charge on any atom is -0.492 e. The van der Waals surface area contributed by atoms with Crippen LogP contribution in [0, 0.1) is 12.7 Å². The monoisotopic (exact) mass is 309 g/mol. The molecule has 0 atom stereocenters. The van der Waals surface area contributed by atoms with E-state index in [1.54, 1.807) is 19.2 Å². The van der Waals surface area contributed by atoms with E-state index in [4.69, 9.17) is 4.74 Å². The topological polar surface area (TPSA) is 54.5 Å². The number of nitrogens with zero attached hydrogens (tertiary/aromatic N) is 2. The molecule has 0 spiro atoms. The Hall–Kier alpha value is -2.15. The van der Waals surface area contributed by atoms with Crippen molar-refractivity contribution in [1.29, 1.82) is 0 Å². The Labute approximate surface area is 126 Å². The number of urea groups is 1. The van der Waals surface area contributed by atoms with Gasteiger partial charge >= 0.3 is 6.03 Å². The summed E-state index contributed by atoms with van der Waals surface area (Å²) in [5.41, 5.74) is 0.873. The van der Waals surface area contributed by atoms with Crippen LogP contribution >= 0.6 is 11.3 Å². The molecule has 0 aliphatic heterocycles. The van der Waals surface area contributed by atoms with Crippen LogP contribution in [-0.2, 0) is 0 Å². The number of aryl methyl sites for hydroxylation is 1. The molecule has 0 unspecified atom stereocenters. The molecule has 112 valence electrons. The highest BCUT2D eigenvalue weighted by atomic mass is 32.1. The second-order valence-electron chi connectivity index (χ2n) is 4.45. The number of aromatic nitrogens is 1. The molecule has 1 N–H and O–H groups in total. The predicted molar refractivity (Wildman–Crippen MR) is 80.4 cm³/mol. The van der Waals surface area contributed by atoms with E-state index in [2.05, 4.69) is 10.3 Å². The van der Waals surface area contributed by atoms with E-state index < -0.39 is 0 Å². The molecule has 0 aliphatic carbocycles. The lowest BCUT2D eigenvalue weighted by molar-refractivity contribution is 0.207. The van der Waals surface area contributed by atoms with E-state index in [0.717, 1.165) is 5.69 Å². The predicted octanol–water partition coefficient (Wildman–Crippen LogP) is 3.13. The largest absolute Gasteiger partial charge is 0.492 e.